The summed E-state index contributed by atoms with van der Waals surface area (Å²) >= 11 is 0. The number of esters is 1. The van der Waals surface area contributed by atoms with Crippen LogP contribution in [0.15, 0.2) is 24.5 Å². The third kappa shape index (κ3) is 3.62. The van der Waals surface area contributed by atoms with Crippen LogP contribution in [0.4, 0.5) is 0 Å². The minimum Gasteiger partial charge on any atom is -0.500 e. The zero-order valence-corrected chi connectivity index (χ0v) is 8.69. The zero-order valence-electron chi connectivity index (χ0n) is 8.69. The van der Waals surface area contributed by atoms with Crippen LogP contribution >= 0.6 is 0 Å². The molecule has 0 bridgehead atoms. The molecule has 0 aliphatic carbocycles. The van der Waals surface area contributed by atoms with Crippen LogP contribution in [0.25, 0.3) is 0 Å². The fourth-order valence-electron chi connectivity index (χ4n) is 0.924. The molecule has 0 amide bonds. The van der Waals surface area contributed by atoms with Gasteiger partial charge in [-0.2, -0.15) is 0 Å². The van der Waals surface area contributed by atoms with E-state index in [0.29, 0.717) is 5.76 Å². The molecule has 0 heterocycles. The third-order valence-electron chi connectivity index (χ3n) is 1.90. The molecule has 1 N–H and O–H groups in total. The summed E-state index contributed by atoms with van der Waals surface area (Å²) < 4.78 is 9.40. The van der Waals surface area contributed by atoms with Crippen molar-refractivity contribution in [2.75, 3.05) is 14.2 Å². The largest absolute Gasteiger partial charge is 0.500 e. The van der Waals surface area contributed by atoms with Crippen LogP contribution in [-0.4, -0.2) is 31.4 Å². The first kappa shape index (κ1) is 12.7. The van der Waals surface area contributed by atoms with Gasteiger partial charge in [0.2, 0.25) is 0 Å². The fourth-order valence-corrected chi connectivity index (χ4v) is 0.924. The Hall–Kier alpha value is -1.29. The molecule has 0 saturated carbocycles. The van der Waals surface area contributed by atoms with Crippen molar-refractivity contribution < 1.29 is 19.4 Å². The predicted molar refractivity (Wildman–Crippen MR) is 52.5 cm³/mol. The van der Waals surface area contributed by atoms with Crippen LogP contribution in [0.5, 0.6) is 0 Å². The molecule has 0 saturated heterocycles. The topological polar surface area (TPSA) is 55.8 Å². The monoisotopic (exact) mass is 200 g/mol. The lowest BCUT2D eigenvalue weighted by Crippen LogP contribution is -2.18. The number of aliphatic hydroxyl groups excluding tert-OH is 1. The van der Waals surface area contributed by atoms with E-state index in [-0.39, 0.29) is 5.92 Å². The maximum atomic E-state index is 10.9. The van der Waals surface area contributed by atoms with Gasteiger partial charge in [0.15, 0.2) is 0 Å². The number of carbonyl (C=O) groups is 1. The van der Waals surface area contributed by atoms with E-state index in [1.165, 1.54) is 26.4 Å². The highest BCUT2D eigenvalue weighted by Gasteiger charge is 2.17. The Bertz CT molecular complexity index is 232. The Morgan fingerprint density at radius 2 is 2.00 bits per heavy atom. The number of carbonyl (C=O) groups excluding carboxylic acids is 1. The lowest BCUT2D eigenvalue weighted by atomic mass is 10.0. The molecule has 0 aliphatic rings. The highest BCUT2D eigenvalue weighted by molar-refractivity contribution is 5.82. The summed E-state index contributed by atoms with van der Waals surface area (Å²) in [6, 6.07) is 0. The average Bonchev–Trinajstić information content (AvgIpc) is 2.23. The molecule has 80 valence electrons. The maximum absolute atomic E-state index is 10.9. The van der Waals surface area contributed by atoms with E-state index in [0.717, 1.165) is 0 Å². The normalized spacial score (nSPS) is 15.6. The number of hydrogen-bond acceptors (Lipinski definition) is 4. The lowest BCUT2D eigenvalue weighted by molar-refractivity contribution is -0.135. The van der Waals surface area contributed by atoms with Crippen LogP contribution in [-0.2, 0) is 14.3 Å². The summed E-state index contributed by atoms with van der Waals surface area (Å²) in [4.78, 5) is 10.9. The number of hydrogen-bond donors (Lipinski definition) is 1. The first-order valence-corrected chi connectivity index (χ1v) is 4.21. The zero-order chi connectivity index (χ0) is 11.1. The van der Waals surface area contributed by atoms with Crippen molar-refractivity contribution in [3.05, 3.63) is 24.5 Å². The third-order valence-corrected chi connectivity index (χ3v) is 1.90. The van der Waals surface area contributed by atoms with Gasteiger partial charge < -0.3 is 14.6 Å². The van der Waals surface area contributed by atoms with Crippen molar-refractivity contribution in [1.82, 2.24) is 0 Å². The summed E-state index contributed by atoms with van der Waals surface area (Å²) in [6.45, 7) is 5.18. The summed E-state index contributed by atoms with van der Waals surface area (Å²) in [5, 5.41) is 9.42. The minimum absolute atomic E-state index is 0.323. The van der Waals surface area contributed by atoms with Crippen LogP contribution < -0.4 is 0 Å². The SMILES string of the molecule is C=C[C@H](O)[C@@H](C)/C(=C\C(=O)OC)OC. The van der Waals surface area contributed by atoms with Gasteiger partial charge in [0.25, 0.3) is 0 Å². The van der Waals surface area contributed by atoms with Crippen molar-refractivity contribution in [2.45, 2.75) is 13.0 Å². The lowest BCUT2D eigenvalue weighted by Gasteiger charge is -2.17. The first-order valence-electron chi connectivity index (χ1n) is 4.21. The van der Waals surface area contributed by atoms with E-state index < -0.39 is 12.1 Å². The molecular weight excluding hydrogens is 184 g/mol. The fraction of sp³-hybridized carbons (Fsp3) is 0.500. The van der Waals surface area contributed by atoms with Crippen LogP contribution in [0.3, 0.4) is 0 Å². The molecule has 0 aromatic rings. The van der Waals surface area contributed by atoms with Gasteiger partial charge in [-0.25, -0.2) is 4.79 Å². The van der Waals surface area contributed by atoms with E-state index >= 15 is 0 Å². The molecule has 0 rings (SSSR count). The quantitative estimate of drug-likeness (QED) is 0.310. The van der Waals surface area contributed by atoms with Crippen molar-refractivity contribution >= 4 is 5.97 Å². The molecule has 0 aromatic heterocycles. The molecule has 0 unspecified atom stereocenters. The summed E-state index contributed by atoms with van der Waals surface area (Å²) in [5.74, 6) is -0.467. The molecule has 2 atom stereocenters. The van der Waals surface area contributed by atoms with Gasteiger partial charge in [-0.1, -0.05) is 13.0 Å². The second-order valence-corrected chi connectivity index (χ2v) is 2.79. The van der Waals surface area contributed by atoms with Gasteiger partial charge in [0.1, 0.15) is 5.76 Å². The van der Waals surface area contributed by atoms with Gasteiger partial charge in [0.05, 0.1) is 26.4 Å². The second-order valence-electron chi connectivity index (χ2n) is 2.79. The van der Waals surface area contributed by atoms with Crippen molar-refractivity contribution in [2.24, 2.45) is 5.92 Å². The van der Waals surface area contributed by atoms with E-state index in [4.69, 9.17) is 4.74 Å². The van der Waals surface area contributed by atoms with Gasteiger partial charge in [-0.3, -0.25) is 0 Å². The van der Waals surface area contributed by atoms with E-state index in [9.17, 15) is 9.90 Å². The Kier molecular flexibility index (Phi) is 5.64. The van der Waals surface area contributed by atoms with E-state index in [2.05, 4.69) is 11.3 Å². The molecular formula is C10H16O4. The highest BCUT2D eigenvalue weighted by Crippen LogP contribution is 2.16. The Labute approximate surface area is 83.8 Å². The van der Waals surface area contributed by atoms with Gasteiger partial charge in [-0.05, 0) is 0 Å². The highest BCUT2D eigenvalue weighted by atomic mass is 16.5. The Balaban J connectivity index is 4.62. The summed E-state index contributed by atoms with van der Waals surface area (Å²) in [6.07, 6.45) is 1.84. The standard InChI is InChI=1S/C10H16O4/c1-5-8(11)7(2)9(13-3)6-10(12)14-4/h5-8,11H,1H2,2-4H3/b9-6+/t7-,8+/m1/s1. The van der Waals surface area contributed by atoms with Gasteiger partial charge >= 0.3 is 5.97 Å². The second kappa shape index (κ2) is 6.21. The maximum Gasteiger partial charge on any atom is 0.333 e. The van der Waals surface area contributed by atoms with Crippen LogP contribution in [0, 0.1) is 5.92 Å². The molecule has 0 fully saturated rings. The Morgan fingerprint density at radius 3 is 2.36 bits per heavy atom. The number of rotatable bonds is 5. The molecule has 0 radical (unpaired) electrons. The van der Waals surface area contributed by atoms with E-state index in [1.54, 1.807) is 6.92 Å². The molecule has 14 heavy (non-hydrogen) atoms. The number of ether oxygens (including phenoxy) is 2. The molecule has 0 aliphatic heterocycles. The minimum atomic E-state index is -0.745. The molecule has 4 heteroatoms. The average molecular weight is 200 g/mol. The Morgan fingerprint density at radius 1 is 1.43 bits per heavy atom. The van der Waals surface area contributed by atoms with Crippen molar-refractivity contribution in [3.8, 4) is 0 Å². The smallest absolute Gasteiger partial charge is 0.333 e. The van der Waals surface area contributed by atoms with Gasteiger partial charge in [-0.15, -0.1) is 6.58 Å². The van der Waals surface area contributed by atoms with Gasteiger partial charge in [0, 0.05) is 5.92 Å². The van der Waals surface area contributed by atoms with Crippen molar-refractivity contribution in [3.63, 3.8) is 0 Å². The molecule has 0 spiro atoms. The first-order chi connectivity index (χ1) is 6.56. The number of methoxy groups -OCH3 is 2. The molecule has 4 nitrogen and oxygen atoms in total. The van der Waals surface area contributed by atoms with Crippen molar-refractivity contribution in [1.29, 1.82) is 0 Å². The summed E-state index contributed by atoms with van der Waals surface area (Å²) in [5.41, 5.74) is 0. The van der Waals surface area contributed by atoms with E-state index in [1.807, 2.05) is 0 Å². The molecule has 0 aromatic carbocycles. The van der Waals surface area contributed by atoms with Crippen LogP contribution in [0.2, 0.25) is 0 Å². The predicted octanol–water partition coefficient (Wildman–Crippen LogP) is 0.873. The number of aliphatic hydroxyl groups is 1. The summed E-state index contributed by atoms with van der Waals surface area (Å²) in [7, 11) is 2.71. The van der Waals surface area contributed by atoms with Crippen LogP contribution in [0.1, 0.15) is 6.92 Å².